The molecular weight excluding hydrogens is 588 g/mol. The van der Waals surface area contributed by atoms with Crippen LogP contribution in [0.25, 0.3) is 0 Å². The number of phenolic OH excluding ortho intramolecular Hbond substituents is 2. The molecule has 0 aromatic heterocycles. The van der Waals surface area contributed by atoms with E-state index >= 15 is 0 Å². The van der Waals surface area contributed by atoms with E-state index in [1.807, 2.05) is 50.2 Å². The van der Waals surface area contributed by atoms with Crippen LogP contribution in [0.4, 0.5) is 11.4 Å². The molecule has 5 aromatic carbocycles. The first-order chi connectivity index (χ1) is 20.7. The van der Waals surface area contributed by atoms with Crippen LogP contribution in [-0.2, 0) is 22.5 Å². The summed E-state index contributed by atoms with van der Waals surface area (Å²) in [6.07, 6.45) is 0. The van der Waals surface area contributed by atoms with Gasteiger partial charge in [0.2, 0.25) is 0 Å². The SMILES string of the molecule is Cc1ccc(OS(=O)Nc2ccc(O)cc2)cc1.Cc1ccc(Oc2ccc(OS(=O)Nc3ccc(O)cc3)cc2)cc1. The lowest BCUT2D eigenvalue weighted by atomic mass is 10.2. The second kappa shape index (κ2) is 15.3. The average Bonchev–Trinajstić information content (AvgIpc) is 2.99. The second-order valence-corrected chi connectivity index (χ2v) is 10.8. The molecule has 0 aliphatic heterocycles. The van der Waals surface area contributed by atoms with Gasteiger partial charge in [-0.25, -0.2) is 0 Å². The van der Waals surface area contributed by atoms with Crippen molar-refractivity contribution in [3.63, 3.8) is 0 Å². The summed E-state index contributed by atoms with van der Waals surface area (Å²) in [6, 6.07) is 34.3. The Kier molecular flexibility index (Phi) is 11.0. The highest BCUT2D eigenvalue weighted by Gasteiger charge is 2.05. The largest absolute Gasteiger partial charge is 0.508 e. The van der Waals surface area contributed by atoms with Crippen molar-refractivity contribution in [1.29, 1.82) is 0 Å². The van der Waals surface area contributed by atoms with E-state index in [0.29, 0.717) is 28.6 Å². The van der Waals surface area contributed by atoms with Crippen molar-refractivity contribution in [3.8, 4) is 34.5 Å². The van der Waals surface area contributed by atoms with Crippen LogP contribution in [-0.4, -0.2) is 18.6 Å². The molecule has 0 heterocycles. The third kappa shape index (κ3) is 10.7. The first kappa shape index (κ1) is 30.9. The van der Waals surface area contributed by atoms with Crippen LogP contribution in [0.3, 0.4) is 0 Å². The lowest BCUT2D eigenvalue weighted by Gasteiger charge is -2.09. The average molecular weight is 619 g/mol. The quantitative estimate of drug-likeness (QED) is 0.121. The summed E-state index contributed by atoms with van der Waals surface area (Å²) in [4.78, 5) is 0. The molecule has 0 amide bonds. The highest BCUT2D eigenvalue weighted by molar-refractivity contribution is 7.82. The molecule has 0 aliphatic carbocycles. The Labute approximate surface area is 255 Å². The minimum absolute atomic E-state index is 0.140. The molecule has 4 N–H and O–H groups in total. The summed E-state index contributed by atoms with van der Waals surface area (Å²) in [5.41, 5.74) is 3.47. The van der Waals surface area contributed by atoms with E-state index in [1.54, 1.807) is 60.7 Å². The molecule has 0 spiro atoms. The highest BCUT2D eigenvalue weighted by atomic mass is 32.2. The lowest BCUT2D eigenvalue weighted by molar-refractivity contribution is 0.475. The molecule has 9 nitrogen and oxygen atoms in total. The van der Waals surface area contributed by atoms with Gasteiger partial charge in [0.25, 0.3) is 0 Å². The molecule has 0 aliphatic rings. The van der Waals surface area contributed by atoms with Crippen LogP contribution >= 0.6 is 0 Å². The number of hydrogen-bond acceptors (Lipinski definition) is 7. The fourth-order valence-corrected chi connectivity index (χ4v) is 4.68. The van der Waals surface area contributed by atoms with Gasteiger partial charge in [-0.05, 0) is 111 Å². The molecule has 43 heavy (non-hydrogen) atoms. The van der Waals surface area contributed by atoms with E-state index in [1.165, 1.54) is 29.8 Å². The van der Waals surface area contributed by atoms with Gasteiger partial charge in [0.1, 0.15) is 34.5 Å². The van der Waals surface area contributed by atoms with E-state index in [9.17, 15) is 13.5 Å². The van der Waals surface area contributed by atoms with Gasteiger partial charge in [0.15, 0.2) is 0 Å². The van der Waals surface area contributed by atoms with Gasteiger partial charge in [0.05, 0.1) is 0 Å². The van der Waals surface area contributed by atoms with Crippen LogP contribution in [0.5, 0.6) is 34.5 Å². The molecular formula is C32H30N2O7S2. The Hall–Kier alpha value is -5.00. The smallest absolute Gasteiger partial charge is 0.316 e. The molecule has 0 fully saturated rings. The van der Waals surface area contributed by atoms with E-state index in [4.69, 9.17) is 18.2 Å². The minimum Gasteiger partial charge on any atom is -0.508 e. The number of nitrogens with one attached hydrogen (secondary N) is 2. The Morgan fingerprint density at radius 3 is 1.14 bits per heavy atom. The Morgan fingerprint density at radius 2 is 0.767 bits per heavy atom. The summed E-state index contributed by atoms with van der Waals surface area (Å²) in [6.45, 7) is 3.98. The number of anilines is 2. The first-order valence-corrected chi connectivity index (χ1v) is 15.1. The minimum atomic E-state index is -1.75. The molecule has 11 heteroatoms. The molecule has 5 rings (SSSR count). The predicted molar refractivity (Wildman–Crippen MR) is 170 cm³/mol. The zero-order chi connectivity index (χ0) is 30.6. The molecule has 222 valence electrons. The number of ether oxygens (including phenoxy) is 1. The van der Waals surface area contributed by atoms with Crippen LogP contribution in [0.1, 0.15) is 11.1 Å². The van der Waals surface area contributed by atoms with Gasteiger partial charge in [-0.2, -0.15) is 8.42 Å². The van der Waals surface area contributed by atoms with Crippen molar-refractivity contribution in [2.45, 2.75) is 13.8 Å². The molecule has 0 bridgehead atoms. The maximum absolute atomic E-state index is 12.0. The Balaban J connectivity index is 0.000000208. The standard InChI is InChI=1S/C19H17NO4S.C13H13NO3S/c1-14-2-8-17(9-3-14)23-18-10-12-19(13-11-18)24-25(22)20-15-4-6-16(21)7-5-15;1-10-2-8-13(9-3-10)17-18(16)14-11-4-6-12(15)7-5-11/h2-13,20-21H,1H3;2-9,14-15H,1H3. The van der Waals surface area contributed by atoms with Crippen molar-refractivity contribution < 1.29 is 31.7 Å². The van der Waals surface area contributed by atoms with E-state index in [2.05, 4.69) is 9.44 Å². The maximum atomic E-state index is 12.0. The first-order valence-electron chi connectivity index (χ1n) is 12.9. The zero-order valence-electron chi connectivity index (χ0n) is 23.3. The van der Waals surface area contributed by atoms with Gasteiger partial charge in [-0.3, -0.25) is 9.44 Å². The number of benzene rings is 5. The third-order valence-electron chi connectivity index (χ3n) is 5.58. The van der Waals surface area contributed by atoms with Gasteiger partial charge < -0.3 is 23.3 Å². The van der Waals surface area contributed by atoms with Crippen molar-refractivity contribution in [3.05, 3.63) is 132 Å². The number of aryl methyl sites for hydroxylation is 2. The number of phenols is 2. The van der Waals surface area contributed by atoms with Gasteiger partial charge >= 0.3 is 22.5 Å². The Bertz CT molecular complexity index is 1580. The predicted octanol–water partition coefficient (Wildman–Crippen LogP) is 7.33. The van der Waals surface area contributed by atoms with Crippen molar-refractivity contribution in [2.24, 2.45) is 0 Å². The van der Waals surface area contributed by atoms with E-state index in [0.717, 1.165) is 11.3 Å². The zero-order valence-corrected chi connectivity index (χ0v) is 24.9. The van der Waals surface area contributed by atoms with E-state index in [-0.39, 0.29) is 11.5 Å². The molecule has 0 saturated heterocycles. The summed E-state index contributed by atoms with van der Waals surface area (Å²) in [5, 5.41) is 18.3. The second-order valence-electron chi connectivity index (χ2n) is 9.13. The molecule has 0 saturated carbocycles. The molecule has 2 unspecified atom stereocenters. The lowest BCUT2D eigenvalue weighted by Crippen LogP contribution is -2.10. The van der Waals surface area contributed by atoms with Crippen LogP contribution < -0.4 is 22.5 Å². The fourth-order valence-electron chi connectivity index (χ4n) is 3.37. The van der Waals surface area contributed by atoms with Gasteiger partial charge in [0, 0.05) is 11.4 Å². The summed E-state index contributed by atoms with van der Waals surface area (Å²) >= 11 is -3.42. The Morgan fingerprint density at radius 1 is 0.465 bits per heavy atom. The van der Waals surface area contributed by atoms with Gasteiger partial charge in [-0.15, -0.1) is 0 Å². The van der Waals surface area contributed by atoms with Crippen LogP contribution in [0.15, 0.2) is 121 Å². The molecule has 2 atom stereocenters. The highest BCUT2D eigenvalue weighted by Crippen LogP contribution is 2.25. The van der Waals surface area contributed by atoms with E-state index < -0.39 is 22.5 Å². The summed E-state index contributed by atoms with van der Waals surface area (Å²) in [7, 11) is 0. The number of aromatic hydroxyl groups is 2. The monoisotopic (exact) mass is 618 g/mol. The normalized spacial score (nSPS) is 11.7. The topological polar surface area (TPSA) is 126 Å². The van der Waals surface area contributed by atoms with Crippen LogP contribution in [0.2, 0.25) is 0 Å². The fraction of sp³-hybridized carbons (Fsp3) is 0.0625. The van der Waals surface area contributed by atoms with Crippen molar-refractivity contribution in [2.75, 3.05) is 9.44 Å². The number of rotatable bonds is 10. The summed E-state index contributed by atoms with van der Waals surface area (Å²) in [5.74, 6) is 2.68. The molecule has 5 aromatic rings. The van der Waals surface area contributed by atoms with Crippen molar-refractivity contribution in [1.82, 2.24) is 0 Å². The van der Waals surface area contributed by atoms with Crippen molar-refractivity contribution >= 4 is 33.9 Å². The maximum Gasteiger partial charge on any atom is 0.316 e. The molecule has 0 radical (unpaired) electrons. The third-order valence-corrected chi connectivity index (χ3v) is 7.07. The number of hydrogen-bond donors (Lipinski definition) is 4. The summed E-state index contributed by atoms with van der Waals surface area (Å²) < 4.78 is 45.2. The van der Waals surface area contributed by atoms with Crippen LogP contribution in [0, 0.1) is 13.8 Å². The van der Waals surface area contributed by atoms with Gasteiger partial charge in [-0.1, -0.05) is 35.4 Å².